The minimum atomic E-state index is -0.284. The van der Waals surface area contributed by atoms with Gasteiger partial charge in [-0.15, -0.1) is 10.2 Å². The van der Waals surface area contributed by atoms with Crippen LogP contribution in [-0.4, -0.2) is 25.7 Å². The maximum atomic E-state index is 9.10. The summed E-state index contributed by atoms with van der Waals surface area (Å²) in [6, 6.07) is 6.59. The normalized spacial score (nSPS) is 12.6. The standard InChI is InChI=1S/C9H11N5O/c10-8(9-11-13-14-12-9)5-6-1-3-7(15)4-2-6/h1-4,8,15H,5,10H2,(H,11,12,13,14)/t8-/m1/s1. The summed E-state index contributed by atoms with van der Waals surface area (Å²) >= 11 is 0. The zero-order valence-electron chi connectivity index (χ0n) is 7.96. The van der Waals surface area contributed by atoms with E-state index in [1.807, 2.05) is 12.1 Å². The first-order valence-corrected chi connectivity index (χ1v) is 4.52. The Bertz CT molecular complexity index is 411. The molecule has 0 radical (unpaired) electrons. The van der Waals surface area contributed by atoms with Crippen LogP contribution in [0.3, 0.4) is 0 Å². The molecule has 0 unspecified atom stereocenters. The highest BCUT2D eigenvalue weighted by Crippen LogP contribution is 2.14. The second kappa shape index (κ2) is 4.05. The van der Waals surface area contributed by atoms with Gasteiger partial charge in [0, 0.05) is 0 Å². The zero-order valence-corrected chi connectivity index (χ0v) is 7.96. The van der Waals surface area contributed by atoms with Crippen LogP contribution in [0.25, 0.3) is 0 Å². The van der Waals surface area contributed by atoms with E-state index >= 15 is 0 Å². The fourth-order valence-corrected chi connectivity index (χ4v) is 1.30. The Labute approximate surface area is 86.1 Å². The average molecular weight is 205 g/mol. The topological polar surface area (TPSA) is 101 Å². The highest BCUT2D eigenvalue weighted by Gasteiger charge is 2.11. The number of phenols is 1. The largest absolute Gasteiger partial charge is 0.508 e. The van der Waals surface area contributed by atoms with E-state index in [1.54, 1.807) is 12.1 Å². The Morgan fingerprint density at radius 3 is 2.67 bits per heavy atom. The lowest BCUT2D eigenvalue weighted by Crippen LogP contribution is -2.15. The summed E-state index contributed by atoms with van der Waals surface area (Å²) in [5.41, 5.74) is 6.88. The van der Waals surface area contributed by atoms with Crippen molar-refractivity contribution in [3.8, 4) is 5.75 Å². The van der Waals surface area contributed by atoms with Gasteiger partial charge in [0.25, 0.3) is 0 Å². The van der Waals surface area contributed by atoms with Crippen molar-refractivity contribution in [2.24, 2.45) is 5.73 Å². The van der Waals surface area contributed by atoms with E-state index in [9.17, 15) is 0 Å². The first kappa shape index (κ1) is 9.60. The molecule has 1 aromatic heterocycles. The summed E-state index contributed by atoms with van der Waals surface area (Å²) < 4.78 is 0. The van der Waals surface area contributed by atoms with Crippen molar-refractivity contribution in [1.82, 2.24) is 20.6 Å². The summed E-state index contributed by atoms with van der Waals surface area (Å²) in [6.45, 7) is 0. The molecule has 1 heterocycles. The smallest absolute Gasteiger partial charge is 0.191 e. The van der Waals surface area contributed by atoms with E-state index in [-0.39, 0.29) is 11.8 Å². The van der Waals surface area contributed by atoms with Gasteiger partial charge in [0.05, 0.1) is 6.04 Å². The quantitative estimate of drug-likeness (QED) is 0.662. The van der Waals surface area contributed by atoms with Crippen LogP contribution in [0.4, 0.5) is 0 Å². The molecule has 0 bridgehead atoms. The molecule has 6 nitrogen and oxygen atoms in total. The number of H-pyrrole nitrogens is 1. The molecular formula is C9H11N5O. The fourth-order valence-electron chi connectivity index (χ4n) is 1.30. The third kappa shape index (κ3) is 2.29. The summed E-state index contributed by atoms with van der Waals surface area (Å²) in [7, 11) is 0. The molecule has 2 rings (SSSR count). The Balaban J connectivity index is 2.06. The SMILES string of the molecule is N[C@H](Cc1ccc(O)cc1)c1nn[nH]n1. The number of tetrazole rings is 1. The number of nitrogens with one attached hydrogen (secondary N) is 1. The van der Waals surface area contributed by atoms with Crippen molar-refractivity contribution >= 4 is 0 Å². The molecule has 0 spiro atoms. The van der Waals surface area contributed by atoms with Crippen LogP contribution >= 0.6 is 0 Å². The van der Waals surface area contributed by atoms with Crippen molar-refractivity contribution in [3.63, 3.8) is 0 Å². The molecule has 1 atom stereocenters. The molecule has 1 aromatic carbocycles. The first-order valence-electron chi connectivity index (χ1n) is 4.52. The minimum absolute atomic E-state index is 0.242. The third-order valence-electron chi connectivity index (χ3n) is 2.09. The van der Waals surface area contributed by atoms with Gasteiger partial charge in [-0.2, -0.15) is 5.21 Å². The third-order valence-corrected chi connectivity index (χ3v) is 2.09. The lowest BCUT2D eigenvalue weighted by molar-refractivity contribution is 0.475. The molecule has 0 amide bonds. The maximum Gasteiger partial charge on any atom is 0.191 e. The highest BCUT2D eigenvalue weighted by atomic mass is 16.3. The summed E-state index contributed by atoms with van der Waals surface area (Å²) in [5, 5.41) is 22.5. The van der Waals surface area contributed by atoms with Gasteiger partial charge in [0.1, 0.15) is 5.75 Å². The number of aromatic amines is 1. The molecule has 4 N–H and O–H groups in total. The average Bonchev–Trinajstić information content (AvgIpc) is 2.74. The number of rotatable bonds is 3. The van der Waals surface area contributed by atoms with Crippen LogP contribution in [-0.2, 0) is 6.42 Å². The molecule has 6 heteroatoms. The Morgan fingerprint density at radius 2 is 2.07 bits per heavy atom. The molecule has 0 saturated carbocycles. The fraction of sp³-hybridized carbons (Fsp3) is 0.222. The molecule has 0 fully saturated rings. The maximum absolute atomic E-state index is 9.10. The predicted molar refractivity (Wildman–Crippen MR) is 52.9 cm³/mol. The number of nitrogens with zero attached hydrogens (tertiary/aromatic N) is 3. The summed E-state index contributed by atoms with van der Waals surface area (Å²) in [6.07, 6.45) is 0.611. The van der Waals surface area contributed by atoms with Crippen LogP contribution in [0.2, 0.25) is 0 Å². The number of hydrogen-bond donors (Lipinski definition) is 3. The Hall–Kier alpha value is -1.95. The molecule has 2 aromatic rings. The Morgan fingerprint density at radius 1 is 1.33 bits per heavy atom. The summed E-state index contributed by atoms with van der Waals surface area (Å²) in [4.78, 5) is 0. The Kier molecular flexibility index (Phi) is 2.59. The number of benzene rings is 1. The molecular weight excluding hydrogens is 194 g/mol. The molecule has 0 aliphatic carbocycles. The van der Waals surface area contributed by atoms with Crippen molar-refractivity contribution in [1.29, 1.82) is 0 Å². The van der Waals surface area contributed by atoms with Gasteiger partial charge in [-0.25, -0.2) is 0 Å². The van der Waals surface area contributed by atoms with E-state index in [1.165, 1.54) is 0 Å². The van der Waals surface area contributed by atoms with Gasteiger partial charge in [0.15, 0.2) is 5.82 Å². The minimum Gasteiger partial charge on any atom is -0.508 e. The van der Waals surface area contributed by atoms with Gasteiger partial charge >= 0.3 is 0 Å². The monoisotopic (exact) mass is 205 g/mol. The van der Waals surface area contributed by atoms with Crippen molar-refractivity contribution < 1.29 is 5.11 Å². The van der Waals surface area contributed by atoms with Crippen molar-refractivity contribution in [2.45, 2.75) is 12.5 Å². The zero-order chi connectivity index (χ0) is 10.7. The van der Waals surface area contributed by atoms with Gasteiger partial charge < -0.3 is 10.8 Å². The van der Waals surface area contributed by atoms with E-state index in [2.05, 4.69) is 20.6 Å². The lowest BCUT2D eigenvalue weighted by atomic mass is 10.1. The van der Waals surface area contributed by atoms with Gasteiger partial charge in [-0.3, -0.25) is 0 Å². The van der Waals surface area contributed by atoms with E-state index in [4.69, 9.17) is 10.8 Å². The predicted octanol–water partition coefficient (Wildman–Crippen LogP) is 0.148. The second-order valence-electron chi connectivity index (χ2n) is 3.25. The molecule has 0 saturated heterocycles. The van der Waals surface area contributed by atoms with Gasteiger partial charge in [-0.1, -0.05) is 17.3 Å². The van der Waals surface area contributed by atoms with Gasteiger partial charge in [0.2, 0.25) is 0 Å². The van der Waals surface area contributed by atoms with Crippen LogP contribution < -0.4 is 5.73 Å². The van der Waals surface area contributed by atoms with E-state index in [0.717, 1.165) is 5.56 Å². The lowest BCUT2D eigenvalue weighted by Gasteiger charge is -2.06. The van der Waals surface area contributed by atoms with Crippen LogP contribution in [0, 0.1) is 0 Å². The number of hydrogen-bond acceptors (Lipinski definition) is 5. The van der Waals surface area contributed by atoms with Crippen LogP contribution in [0.15, 0.2) is 24.3 Å². The summed E-state index contributed by atoms with van der Waals surface area (Å²) in [5.74, 6) is 0.731. The van der Waals surface area contributed by atoms with Crippen LogP contribution in [0.5, 0.6) is 5.75 Å². The molecule has 78 valence electrons. The van der Waals surface area contributed by atoms with E-state index < -0.39 is 0 Å². The second-order valence-corrected chi connectivity index (χ2v) is 3.25. The number of aromatic nitrogens is 4. The number of phenolic OH excluding ortho intramolecular Hbond substituents is 1. The van der Waals surface area contributed by atoms with Crippen LogP contribution in [0.1, 0.15) is 17.4 Å². The van der Waals surface area contributed by atoms with Crippen molar-refractivity contribution in [3.05, 3.63) is 35.7 Å². The first-order chi connectivity index (χ1) is 7.25. The van der Waals surface area contributed by atoms with E-state index in [0.29, 0.717) is 12.2 Å². The number of aromatic hydroxyl groups is 1. The van der Waals surface area contributed by atoms with Crippen molar-refractivity contribution in [2.75, 3.05) is 0 Å². The molecule has 0 aliphatic rings. The molecule has 15 heavy (non-hydrogen) atoms. The van der Waals surface area contributed by atoms with Gasteiger partial charge in [-0.05, 0) is 24.1 Å². The number of nitrogens with two attached hydrogens (primary N) is 1. The highest BCUT2D eigenvalue weighted by molar-refractivity contribution is 5.26. The molecule has 0 aliphatic heterocycles.